The fourth-order valence-corrected chi connectivity index (χ4v) is 1.36. The highest BCUT2D eigenvalue weighted by atomic mass is 32.1. The van der Waals surface area contributed by atoms with Crippen LogP contribution in [-0.4, -0.2) is 48.2 Å². The Morgan fingerprint density at radius 2 is 1.73 bits per heavy atom. The van der Waals surface area contributed by atoms with Crippen LogP contribution in [-0.2, 0) is 0 Å². The summed E-state index contributed by atoms with van der Waals surface area (Å²) in [7, 11) is 0. The fraction of sp³-hybridized carbons (Fsp3) is 1.00. The maximum atomic E-state index is 12.2. The van der Waals surface area contributed by atoms with Crippen LogP contribution in [0.5, 0.6) is 0 Å². The van der Waals surface area contributed by atoms with E-state index in [0.717, 1.165) is 0 Å². The predicted octanol–water partition coefficient (Wildman–Crippen LogP) is 1.80. The van der Waals surface area contributed by atoms with E-state index in [1.165, 1.54) is 4.90 Å². The molecule has 6 heteroatoms. The van der Waals surface area contributed by atoms with Crippen molar-refractivity contribution in [2.75, 3.05) is 32.0 Å². The molecule has 0 aliphatic heterocycles. The molecule has 0 rings (SSSR count). The van der Waals surface area contributed by atoms with Gasteiger partial charge in [-0.1, -0.05) is 13.8 Å². The number of alkyl halides is 3. The molecule has 0 aromatic rings. The summed E-state index contributed by atoms with van der Waals surface area (Å²) in [5, 5.41) is 8.67. The van der Waals surface area contributed by atoms with Gasteiger partial charge in [0.15, 0.2) is 0 Å². The van der Waals surface area contributed by atoms with Crippen LogP contribution in [0.3, 0.4) is 0 Å². The molecule has 0 aromatic carbocycles. The van der Waals surface area contributed by atoms with Crippen LogP contribution in [0.25, 0.3) is 0 Å². The molecule has 0 fully saturated rings. The fourth-order valence-electron chi connectivity index (χ4n) is 1.26. The summed E-state index contributed by atoms with van der Waals surface area (Å²) >= 11 is 4.08. The summed E-state index contributed by atoms with van der Waals surface area (Å²) in [6, 6.07) is 0. The second-order valence-electron chi connectivity index (χ2n) is 4.37. The van der Waals surface area contributed by atoms with E-state index in [9.17, 15) is 13.2 Å². The van der Waals surface area contributed by atoms with Crippen LogP contribution in [0.1, 0.15) is 13.8 Å². The Kier molecular flexibility index (Phi) is 5.98. The average molecular weight is 245 g/mol. The molecule has 0 saturated heterocycles. The minimum absolute atomic E-state index is 0.0384. The molecule has 0 saturated carbocycles. The van der Waals surface area contributed by atoms with Crippen LogP contribution in [0, 0.1) is 5.41 Å². The number of thiol groups is 1. The maximum Gasteiger partial charge on any atom is 0.401 e. The molecular weight excluding hydrogens is 227 g/mol. The number of rotatable bonds is 6. The molecule has 0 amide bonds. The summed E-state index contributed by atoms with van der Waals surface area (Å²) in [6.07, 6.45) is -4.22. The van der Waals surface area contributed by atoms with Gasteiger partial charge >= 0.3 is 6.18 Å². The zero-order valence-corrected chi connectivity index (χ0v) is 9.91. The first-order chi connectivity index (χ1) is 6.70. The summed E-state index contributed by atoms with van der Waals surface area (Å²) in [4.78, 5) is 1.20. The van der Waals surface area contributed by atoms with Gasteiger partial charge in [-0.3, -0.25) is 4.90 Å². The Balaban J connectivity index is 4.28. The number of hydrogen-bond acceptors (Lipinski definition) is 3. The van der Waals surface area contributed by atoms with E-state index in [1.807, 2.05) is 13.8 Å². The monoisotopic (exact) mass is 245 g/mol. The zero-order valence-electron chi connectivity index (χ0n) is 9.01. The quantitative estimate of drug-likeness (QED) is 0.697. The van der Waals surface area contributed by atoms with Gasteiger partial charge < -0.3 is 5.11 Å². The minimum atomic E-state index is -4.22. The van der Waals surface area contributed by atoms with Crippen molar-refractivity contribution in [2.45, 2.75) is 20.0 Å². The highest BCUT2D eigenvalue weighted by Gasteiger charge is 2.32. The smallest absolute Gasteiger partial charge is 0.395 e. The molecule has 0 aromatic heterocycles. The van der Waals surface area contributed by atoms with E-state index in [1.54, 1.807) is 0 Å². The normalized spacial score (nSPS) is 13.6. The largest absolute Gasteiger partial charge is 0.401 e. The molecule has 0 radical (unpaired) electrons. The van der Waals surface area contributed by atoms with Crippen molar-refractivity contribution in [1.29, 1.82) is 0 Å². The highest BCUT2D eigenvalue weighted by molar-refractivity contribution is 7.80. The Hall–Kier alpha value is 0.0600. The molecule has 0 unspecified atom stereocenters. The maximum absolute atomic E-state index is 12.2. The van der Waals surface area contributed by atoms with Gasteiger partial charge in [-0.2, -0.15) is 25.8 Å². The van der Waals surface area contributed by atoms with E-state index in [-0.39, 0.29) is 25.1 Å². The molecule has 2 nitrogen and oxygen atoms in total. The first-order valence-electron chi connectivity index (χ1n) is 4.71. The molecule has 0 aliphatic carbocycles. The van der Waals surface area contributed by atoms with E-state index in [2.05, 4.69) is 12.6 Å². The van der Waals surface area contributed by atoms with Crippen molar-refractivity contribution in [3.05, 3.63) is 0 Å². The lowest BCUT2D eigenvalue weighted by Crippen LogP contribution is -2.42. The number of halogens is 3. The topological polar surface area (TPSA) is 23.5 Å². The Morgan fingerprint density at radius 1 is 1.20 bits per heavy atom. The van der Waals surface area contributed by atoms with Gasteiger partial charge in [0.25, 0.3) is 0 Å². The second kappa shape index (κ2) is 5.96. The lowest BCUT2D eigenvalue weighted by molar-refractivity contribution is -0.149. The summed E-state index contributed by atoms with van der Waals surface area (Å²) in [6.45, 7) is 2.76. The van der Waals surface area contributed by atoms with Crippen molar-refractivity contribution in [3.63, 3.8) is 0 Å². The van der Waals surface area contributed by atoms with Crippen molar-refractivity contribution in [1.82, 2.24) is 4.90 Å². The van der Waals surface area contributed by atoms with Crippen molar-refractivity contribution in [3.8, 4) is 0 Å². The van der Waals surface area contributed by atoms with E-state index >= 15 is 0 Å². The Labute approximate surface area is 93.9 Å². The first kappa shape index (κ1) is 15.1. The van der Waals surface area contributed by atoms with E-state index in [0.29, 0.717) is 5.75 Å². The summed E-state index contributed by atoms with van der Waals surface area (Å²) in [5.41, 5.74) is -0.288. The molecule has 0 atom stereocenters. The summed E-state index contributed by atoms with van der Waals surface area (Å²) < 4.78 is 36.5. The number of aliphatic hydroxyl groups excluding tert-OH is 1. The van der Waals surface area contributed by atoms with Crippen molar-refractivity contribution >= 4 is 12.6 Å². The second-order valence-corrected chi connectivity index (χ2v) is 4.69. The van der Waals surface area contributed by atoms with Crippen LogP contribution >= 0.6 is 12.6 Å². The Bertz CT molecular complexity index is 185. The average Bonchev–Trinajstić information content (AvgIpc) is 2.01. The number of hydrogen-bond donors (Lipinski definition) is 2. The van der Waals surface area contributed by atoms with Gasteiger partial charge in [-0.25, -0.2) is 0 Å². The zero-order chi connectivity index (χ0) is 12.1. The van der Waals surface area contributed by atoms with Crippen LogP contribution in [0.4, 0.5) is 13.2 Å². The lowest BCUT2D eigenvalue weighted by atomic mass is 9.95. The van der Waals surface area contributed by atoms with Gasteiger partial charge in [-0.05, 0) is 11.2 Å². The lowest BCUT2D eigenvalue weighted by Gasteiger charge is -2.31. The first-order valence-corrected chi connectivity index (χ1v) is 5.34. The number of nitrogens with zero attached hydrogens (tertiary/aromatic N) is 1. The molecule has 92 valence electrons. The molecular formula is C9H18F3NOS. The third-order valence-electron chi connectivity index (χ3n) is 1.90. The summed E-state index contributed by atoms with van der Waals surface area (Å²) in [5.74, 6) is 0.507. The van der Waals surface area contributed by atoms with Gasteiger partial charge in [0, 0.05) is 13.1 Å². The van der Waals surface area contributed by atoms with Gasteiger partial charge in [0.2, 0.25) is 0 Å². The van der Waals surface area contributed by atoms with Gasteiger partial charge in [0.1, 0.15) is 0 Å². The Morgan fingerprint density at radius 3 is 2.07 bits per heavy atom. The van der Waals surface area contributed by atoms with Crippen LogP contribution in [0.15, 0.2) is 0 Å². The minimum Gasteiger partial charge on any atom is -0.395 e. The molecule has 0 bridgehead atoms. The van der Waals surface area contributed by atoms with Gasteiger partial charge in [0.05, 0.1) is 13.2 Å². The number of aliphatic hydroxyl groups is 1. The van der Waals surface area contributed by atoms with Crippen molar-refractivity contribution in [2.24, 2.45) is 5.41 Å². The predicted molar refractivity (Wildman–Crippen MR) is 57.2 cm³/mol. The highest BCUT2D eigenvalue weighted by Crippen LogP contribution is 2.22. The van der Waals surface area contributed by atoms with E-state index in [4.69, 9.17) is 5.11 Å². The molecule has 0 aliphatic rings. The standard InChI is InChI=1S/C9H18F3NOS/c1-8(2,7-15)5-13(3-4-14)6-9(10,11)12/h14-15H,3-7H2,1-2H3. The SMILES string of the molecule is CC(C)(CS)CN(CCO)CC(F)(F)F. The van der Waals surface area contributed by atoms with Crippen LogP contribution in [0.2, 0.25) is 0 Å². The third-order valence-corrected chi connectivity index (χ3v) is 2.75. The van der Waals surface area contributed by atoms with Crippen LogP contribution < -0.4 is 0 Å². The van der Waals surface area contributed by atoms with Crippen molar-refractivity contribution < 1.29 is 18.3 Å². The molecule has 1 N–H and O–H groups in total. The third kappa shape index (κ3) is 7.93. The molecule has 15 heavy (non-hydrogen) atoms. The molecule has 0 spiro atoms. The van der Waals surface area contributed by atoms with E-state index < -0.39 is 12.7 Å². The van der Waals surface area contributed by atoms with Gasteiger partial charge in [-0.15, -0.1) is 0 Å². The molecule has 0 heterocycles.